The molecule has 0 aliphatic carbocycles. The van der Waals surface area contributed by atoms with Crippen LogP contribution in [0.25, 0.3) is 0 Å². The third-order valence-electron chi connectivity index (χ3n) is 4.38. The highest BCUT2D eigenvalue weighted by molar-refractivity contribution is 7.89. The smallest absolute Gasteiger partial charge is 0.243 e. The van der Waals surface area contributed by atoms with E-state index in [2.05, 4.69) is 5.32 Å². The predicted octanol–water partition coefficient (Wildman–Crippen LogP) is 2.94. The summed E-state index contributed by atoms with van der Waals surface area (Å²) in [6.07, 6.45) is 3.36. The molecule has 1 amide bonds. The van der Waals surface area contributed by atoms with E-state index in [0.717, 1.165) is 5.56 Å². The van der Waals surface area contributed by atoms with E-state index in [9.17, 15) is 13.2 Å². The summed E-state index contributed by atoms with van der Waals surface area (Å²) in [7, 11) is -2.12. The minimum absolute atomic E-state index is 0.0343. The van der Waals surface area contributed by atoms with Crippen molar-refractivity contribution in [3.05, 3.63) is 47.9 Å². The maximum Gasteiger partial charge on any atom is 0.243 e. The Kier molecular flexibility index (Phi) is 4.47. The van der Waals surface area contributed by atoms with Crippen LogP contribution in [0.15, 0.2) is 45.9 Å². The van der Waals surface area contributed by atoms with Crippen LogP contribution in [0.3, 0.4) is 0 Å². The maximum absolute atomic E-state index is 12.9. The van der Waals surface area contributed by atoms with E-state index in [1.165, 1.54) is 23.7 Å². The van der Waals surface area contributed by atoms with Gasteiger partial charge < -0.3 is 9.73 Å². The first kappa shape index (κ1) is 16.7. The van der Waals surface area contributed by atoms with Gasteiger partial charge in [-0.1, -0.05) is 0 Å². The molecule has 0 saturated heterocycles. The average Bonchev–Trinajstić information content (AvgIpc) is 3.02. The number of fused-ring (bicyclic) bond motifs is 1. The number of carbonyl (C=O) groups is 1. The molecule has 1 unspecified atom stereocenters. The Morgan fingerprint density at radius 1 is 1.25 bits per heavy atom. The van der Waals surface area contributed by atoms with Gasteiger partial charge in [-0.05, 0) is 55.7 Å². The first-order valence-electron chi connectivity index (χ1n) is 7.84. The van der Waals surface area contributed by atoms with Crippen molar-refractivity contribution in [2.45, 2.75) is 37.1 Å². The number of anilines is 1. The Balaban J connectivity index is 1.92. The van der Waals surface area contributed by atoms with Crippen LogP contribution in [0, 0.1) is 0 Å². The van der Waals surface area contributed by atoms with Gasteiger partial charge >= 0.3 is 0 Å². The van der Waals surface area contributed by atoms with E-state index in [1.807, 2.05) is 0 Å². The number of nitrogens with zero attached hydrogens (tertiary/aromatic N) is 1. The number of amides is 1. The zero-order chi connectivity index (χ0) is 17.3. The molecule has 2 aromatic rings. The monoisotopic (exact) mass is 348 g/mol. The van der Waals surface area contributed by atoms with Crippen molar-refractivity contribution in [2.75, 3.05) is 12.4 Å². The van der Waals surface area contributed by atoms with Crippen LogP contribution in [0.4, 0.5) is 5.69 Å². The molecule has 1 aliphatic heterocycles. The lowest BCUT2D eigenvalue weighted by Gasteiger charge is -2.23. The van der Waals surface area contributed by atoms with Crippen molar-refractivity contribution in [3.63, 3.8) is 0 Å². The van der Waals surface area contributed by atoms with Gasteiger partial charge in [-0.2, -0.15) is 4.31 Å². The van der Waals surface area contributed by atoms with Gasteiger partial charge in [-0.3, -0.25) is 4.79 Å². The van der Waals surface area contributed by atoms with Crippen LogP contribution < -0.4 is 5.32 Å². The molecule has 0 bridgehead atoms. The third-order valence-corrected chi connectivity index (χ3v) is 6.30. The van der Waals surface area contributed by atoms with E-state index < -0.39 is 16.1 Å². The second-order valence-electron chi connectivity index (χ2n) is 5.93. The molecule has 1 aromatic heterocycles. The summed E-state index contributed by atoms with van der Waals surface area (Å²) in [6, 6.07) is 7.92. The van der Waals surface area contributed by atoms with Gasteiger partial charge in [-0.15, -0.1) is 0 Å². The van der Waals surface area contributed by atoms with E-state index in [0.29, 0.717) is 30.7 Å². The lowest BCUT2D eigenvalue weighted by Crippen LogP contribution is -2.29. The lowest BCUT2D eigenvalue weighted by molar-refractivity contribution is -0.116. The van der Waals surface area contributed by atoms with Gasteiger partial charge in [0.2, 0.25) is 15.9 Å². The Bertz CT molecular complexity index is 843. The average molecular weight is 348 g/mol. The number of hydrogen-bond acceptors (Lipinski definition) is 4. The highest BCUT2D eigenvalue weighted by Crippen LogP contribution is 2.29. The number of nitrogens with one attached hydrogen (secondary N) is 1. The highest BCUT2D eigenvalue weighted by Gasteiger charge is 2.28. The van der Waals surface area contributed by atoms with Crippen LogP contribution in [-0.4, -0.2) is 25.7 Å². The fraction of sp³-hybridized carbons (Fsp3) is 0.353. The molecule has 2 heterocycles. The molecule has 0 radical (unpaired) electrons. The van der Waals surface area contributed by atoms with Gasteiger partial charge in [-0.25, -0.2) is 8.42 Å². The van der Waals surface area contributed by atoms with Gasteiger partial charge in [0.25, 0.3) is 0 Å². The number of sulfonamides is 1. The summed E-state index contributed by atoms with van der Waals surface area (Å²) in [5.41, 5.74) is 1.54. The topological polar surface area (TPSA) is 79.6 Å². The van der Waals surface area contributed by atoms with Crippen LogP contribution in [0.1, 0.15) is 37.1 Å². The van der Waals surface area contributed by atoms with Crippen molar-refractivity contribution in [2.24, 2.45) is 0 Å². The van der Waals surface area contributed by atoms with Crippen LogP contribution in [0.5, 0.6) is 0 Å². The molecule has 24 heavy (non-hydrogen) atoms. The largest absolute Gasteiger partial charge is 0.468 e. The fourth-order valence-corrected chi connectivity index (χ4v) is 4.18. The second kappa shape index (κ2) is 6.41. The molecule has 128 valence electrons. The number of carbonyl (C=O) groups excluding carboxylic acids is 1. The lowest BCUT2D eigenvalue weighted by atomic mass is 10.1. The van der Waals surface area contributed by atoms with Crippen molar-refractivity contribution < 1.29 is 17.6 Å². The van der Waals surface area contributed by atoms with Crippen molar-refractivity contribution in [3.8, 4) is 0 Å². The summed E-state index contributed by atoms with van der Waals surface area (Å²) in [5.74, 6) is 0.552. The van der Waals surface area contributed by atoms with Gasteiger partial charge in [0.05, 0.1) is 17.2 Å². The Hall–Kier alpha value is -2.12. The highest BCUT2D eigenvalue weighted by atomic mass is 32.2. The standard InChI is InChI=1S/C17H20N2O4S/c1-12(16-6-4-10-23-16)19(2)24(21,22)14-8-9-15-13(11-14)5-3-7-17(20)18-15/h4,6,8-12H,3,5,7H2,1-2H3,(H,18,20). The Morgan fingerprint density at radius 2 is 2.04 bits per heavy atom. The summed E-state index contributed by atoms with van der Waals surface area (Å²) in [6.45, 7) is 1.78. The first-order chi connectivity index (χ1) is 11.4. The third kappa shape index (κ3) is 3.09. The fourth-order valence-electron chi connectivity index (χ4n) is 2.79. The van der Waals surface area contributed by atoms with E-state index in [4.69, 9.17) is 4.42 Å². The Morgan fingerprint density at radius 3 is 2.75 bits per heavy atom. The number of furan rings is 1. The molecule has 0 saturated carbocycles. The van der Waals surface area contributed by atoms with Crippen molar-refractivity contribution in [1.29, 1.82) is 0 Å². The number of hydrogen-bond donors (Lipinski definition) is 1. The summed E-state index contributed by atoms with van der Waals surface area (Å²) < 4.78 is 32.4. The molecule has 0 spiro atoms. The number of benzene rings is 1. The van der Waals surface area contributed by atoms with Crippen molar-refractivity contribution >= 4 is 21.6 Å². The van der Waals surface area contributed by atoms with E-state index >= 15 is 0 Å². The summed E-state index contributed by atoms with van der Waals surface area (Å²) in [5, 5.41) is 2.81. The van der Waals surface area contributed by atoms with Gasteiger partial charge in [0, 0.05) is 19.2 Å². The van der Waals surface area contributed by atoms with Crippen LogP contribution in [0.2, 0.25) is 0 Å². The SMILES string of the molecule is CC(c1ccco1)N(C)S(=O)(=O)c1ccc2c(c1)CCCC(=O)N2. The molecule has 3 rings (SSSR count). The zero-order valence-electron chi connectivity index (χ0n) is 13.7. The van der Waals surface area contributed by atoms with E-state index in [-0.39, 0.29) is 10.8 Å². The van der Waals surface area contributed by atoms with Crippen LogP contribution >= 0.6 is 0 Å². The minimum Gasteiger partial charge on any atom is -0.468 e. The van der Waals surface area contributed by atoms with Crippen molar-refractivity contribution in [1.82, 2.24) is 4.31 Å². The zero-order valence-corrected chi connectivity index (χ0v) is 14.5. The number of aryl methyl sites for hydroxylation is 1. The van der Waals surface area contributed by atoms with Crippen LogP contribution in [-0.2, 0) is 21.2 Å². The molecular formula is C17H20N2O4S. The molecule has 1 aromatic carbocycles. The summed E-state index contributed by atoms with van der Waals surface area (Å²) in [4.78, 5) is 11.8. The molecule has 1 atom stereocenters. The molecule has 6 nitrogen and oxygen atoms in total. The predicted molar refractivity (Wildman–Crippen MR) is 90.1 cm³/mol. The Labute approximate surface area is 141 Å². The maximum atomic E-state index is 12.9. The first-order valence-corrected chi connectivity index (χ1v) is 9.28. The second-order valence-corrected chi connectivity index (χ2v) is 7.93. The quantitative estimate of drug-likeness (QED) is 0.921. The van der Waals surface area contributed by atoms with Gasteiger partial charge in [0.1, 0.15) is 5.76 Å². The minimum atomic E-state index is -3.66. The molecule has 1 N–H and O–H groups in total. The molecule has 0 fully saturated rings. The van der Waals surface area contributed by atoms with Gasteiger partial charge in [0.15, 0.2) is 0 Å². The molecular weight excluding hydrogens is 328 g/mol. The number of rotatable bonds is 4. The molecule has 7 heteroatoms. The molecule has 1 aliphatic rings. The normalized spacial score (nSPS) is 16.4. The summed E-state index contributed by atoms with van der Waals surface area (Å²) >= 11 is 0. The van der Waals surface area contributed by atoms with E-state index in [1.54, 1.807) is 31.2 Å².